The number of aromatic nitrogens is 2. The molecule has 0 aromatic carbocycles. The molecule has 3 heteroatoms. The summed E-state index contributed by atoms with van der Waals surface area (Å²) < 4.78 is 2.25. The number of rotatable bonds is 5. The van der Waals surface area contributed by atoms with E-state index in [0.717, 1.165) is 13.0 Å². The molecule has 0 aliphatic heterocycles. The van der Waals surface area contributed by atoms with Gasteiger partial charge in [0.1, 0.15) is 0 Å². The summed E-state index contributed by atoms with van der Waals surface area (Å²) in [5.41, 5.74) is 7.81. The fraction of sp³-hybridized carbons (Fsp3) is 0.750. The van der Waals surface area contributed by atoms with Crippen molar-refractivity contribution in [2.24, 2.45) is 11.1 Å². The van der Waals surface area contributed by atoms with Gasteiger partial charge >= 0.3 is 0 Å². The summed E-state index contributed by atoms with van der Waals surface area (Å²) in [5.74, 6) is 0. The minimum absolute atomic E-state index is 0.139. The normalized spacial score (nSPS) is 20.2. The molecular weight excluding hydrogens is 186 g/mol. The maximum atomic E-state index is 6.06. The SMILES string of the molecule is CC[C@@H](N)c1cncn1CC1(CC)CC1. The van der Waals surface area contributed by atoms with Gasteiger partial charge in [-0.05, 0) is 31.1 Å². The Bertz CT molecular complexity index is 325. The molecule has 0 amide bonds. The maximum Gasteiger partial charge on any atom is 0.0948 e. The fourth-order valence-electron chi connectivity index (χ4n) is 2.14. The van der Waals surface area contributed by atoms with Crippen LogP contribution >= 0.6 is 0 Å². The molecule has 1 atom stereocenters. The van der Waals surface area contributed by atoms with Gasteiger partial charge in [0.15, 0.2) is 0 Å². The molecule has 1 fully saturated rings. The lowest BCUT2D eigenvalue weighted by Crippen LogP contribution is -2.18. The second-order valence-electron chi connectivity index (χ2n) is 4.81. The first-order chi connectivity index (χ1) is 7.21. The van der Waals surface area contributed by atoms with E-state index in [1.807, 2.05) is 12.5 Å². The molecule has 1 aliphatic carbocycles. The number of hydrogen-bond acceptors (Lipinski definition) is 2. The van der Waals surface area contributed by atoms with Crippen LogP contribution in [0.15, 0.2) is 12.5 Å². The first kappa shape index (κ1) is 10.7. The van der Waals surface area contributed by atoms with Crippen molar-refractivity contribution in [2.75, 3.05) is 0 Å². The van der Waals surface area contributed by atoms with Gasteiger partial charge in [-0.3, -0.25) is 0 Å². The van der Waals surface area contributed by atoms with Crippen molar-refractivity contribution in [1.29, 1.82) is 0 Å². The van der Waals surface area contributed by atoms with E-state index in [4.69, 9.17) is 5.73 Å². The zero-order chi connectivity index (χ0) is 10.9. The number of nitrogens with two attached hydrogens (primary N) is 1. The third-order valence-electron chi connectivity index (χ3n) is 3.78. The zero-order valence-electron chi connectivity index (χ0n) is 9.74. The molecule has 0 unspecified atom stereocenters. The van der Waals surface area contributed by atoms with E-state index in [9.17, 15) is 0 Å². The van der Waals surface area contributed by atoms with Crippen LogP contribution in [0.2, 0.25) is 0 Å². The highest BCUT2D eigenvalue weighted by atomic mass is 15.1. The monoisotopic (exact) mass is 207 g/mol. The lowest BCUT2D eigenvalue weighted by molar-refractivity contribution is 0.396. The molecule has 2 rings (SSSR count). The molecule has 1 aliphatic rings. The number of imidazole rings is 1. The molecule has 0 bridgehead atoms. The first-order valence-electron chi connectivity index (χ1n) is 5.96. The van der Waals surface area contributed by atoms with Gasteiger partial charge in [-0.2, -0.15) is 0 Å². The Morgan fingerprint density at radius 3 is 2.80 bits per heavy atom. The summed E-state index contributed by atoms with van der Waals surface area (Å²) in [4.78, 5) is 4.22. The molecule has 84 valence electrons. The van der Waals surface area contributed by atoms with Crippen LogP contribution in [0.1, 0.15) is 51.3 Å². The van der Waals surface area contributed by atoms with E-state index < -0.39 is 0 Å². The summed E-state index contributed by atoms with van der Waals surface area (Å²) >= 11 is 0. The van der Waals surface area contributed by atoms with Crippen LogP contribution in [0.5, 0.6) is 0 Å². The van der Waals surface area contributed by atoms with Crippen LogP contribution in [0.4, 0.5) is 0 Å². The van der Waals surface area contributed by atoms with Gasteiger partial charge in [0.2, 0.25) is 0 Å². The topological polar surface area (TPSA) is 43.8 Å². The van der Waals surface area contributed by atoms with E-state index in [0.29, 0.717) is 5.41 Å². The summed E-state index contributed by atoms with van der Waals surface area (Å²) in [6.45, 7) is 5.50. The predicted molar refractivity (Wildman–Crippen MR) is 61.4 cm³/mol. The highest BCUT2D eigenvalue weighted by molar-refractivity contribution is 5.06. The van der Waals surface area contributed by atoms with Crippen LogP contribution in [0.3, 0.4) is 0 Å². The summed E-state index contributed by atoms with van der Waals surface area (Å²) in [7, 11) is 0. The Hall–Kier alpha value is -0.830. The van der Waals surface area contributed by atoms with Crippen LogP contribution in [-0.2, 0) is 6.54 Å². The minimum Gasteiger partial charge on any atom is -0.333 e. The van der Waals surface area contributed by atoms with Crippen molar-refractivity contribution >= 4 is 0 Å². The van der Waals surface area contributed by atoms with Crippen LogP contribution in [-0.4, -0.2) is 9.55 Å². The molecule has 1 aromatic rings. The lowest BCUT2D eigenvalue weighted by Gasteiger charge is -2.18. The molecule has 3 nitrogen and oxygen atoms in total. The van der Waals surface area contributed by atoms with Gasteiger partial charge in [0, 0.05) is 18.8 Å². The molecule has 0 spiro atoms. The van der Waals surface area contributed by atoms with Crippen LogP contribution < -0.4 is 5.73 Å². The van der Waals surface area contributed by atoms with E-state index in [1.165, 1.54) is 25.0 Å². The van der Waals surface area contributed by atoms with Crippen molar-refractivity contribution in [3.8, 4) is 0 Å². The van der Waals surface area contributed by atoms with Crippen molar-refractivity contribution in [3.63, 3.8) is 0 Å². The Morgan fingerprint density at radius 1 is 1.53 bits per heavy atom. The smallest absolute Gasteiger partial charge is 0.0948 e. The van der Waals surface area contributed by atoms with Gasteiger partial charge in [-0.25, -0.2) is 4.98 Å². The standard InChI is InChI=1S/C12H21N3/c1-3-10(13)11-7-14-9-15(11)8-12(4-2)5-6-12/h7,9-10H,3-6,8,13H2,1-2H3/t10-/m1/s1. The van der Waals surface area contributed by atoms with Gasteiger partial charge in [0.25, 0.3) is 0 Å². The molecule has 0 saturated heterocycles. The Balaban J connectivity index is 2.11. The molecule has 0 radical (unpaired) electrons. The predicted octanol–water partition coefficient (Wildman–Crippen LogP) is 2.48. The second kappa shape index (κ2) is 3.97. The summed E-state index contributed by atoms with van der Waals surface area (Å²) in [5, 5.41) is 0. The zero-order valence-corrected chi connectivity index (χ0v) is 9.74. The van der Waals surface area contributed by atoms with Crippen molar-refractivity contribution in [2.45, 2.75) is 52.1 Å². The fourth-order valence-corrected chi connectivity index (χ4v) is 2.14. The highest BCUT2D eigenvalue weighted by Gasteiger charge is 2.41. The van der Waals surface area contributed by atoms with Crippen LogP contribution in [0.25, 0.3) is 0 Å². The maximum absolute atomic E-state index is 6.06. The average molecular weight is 207 g/mol. The van der Waals surface area contributed by atoms with Crippen molar-refractivity contribution < 1.29 is 0 Å². The lowest BCUT2D eigenvalue weighted by atomic mass is 10.0. The van der Waals surface area contributed by atoms with Gasteiger partial charge in [0.05, 0.1) is 12.0 Å². The molecule has 1 saturated carbocycles. The Morgan fingerprint density at radius 2 is 2.27 bits per heavy atom. The van der Waals surface area contributed by atoms with E-state index in [1.54, 1.807) is 0 Å². The Kier molecular flexibility index (Phi) is 2.83. The average Bonchev–Trinajstić information content (AvgIpc) is 2.88. The van der Waals surface area contributed by atoms with Gasteiger partial charge < -0.3 is 10.3 Å². The van der Waals surface area contributed by atoms with Crippen LogP contribution in [0, 0.1) is 5.41 Å². The largest absolute Gasteiger partial charge is 0.333 e. The van der Waals surface area contributed by atoms with E-state index in [-0.39, 0.29) is 6.04 Å². The van der Waals surface area contributed by atoms with Crippen molar-refractivity contribution in [3.05, 3.63) is 18.2 Å². The number of hydrogen-bond donors (Lipinski definition) is 1. The third-order valence-corrected chi connectivity index (χ3v) is 3.78. The first-order valence-corrected chi connectivity index (χ1v) is 5.96. The van der Waals surface area contributed by atoms with Gasteiger partial charge in [-0.1, -0.05) is 13.8 Å². The Labute approximate surface area is 91.7 Å². The highest BCUT2D eigenvalue weighted by Crippen LogP contribution is 2.50. The van der Waals surface area contributed by atoms with Gasteiger partial charge in [-0.15, -0.1) is 0 Å². The third kappa shape index (κ3) is 2.07. The minimum atomic E-state index is 0.139. The molecule has 15 heavy (non-hydrogen) atoms. The summed E-state index contributed by atoms with van der Waals surface area (Å²) in [6, 6.07) is 0.139. The second-order valence-corrected chi connectivity index (χ2v) is 4.81. The molecule has 1 aromatic heterocycles. The molecule has 2 N–H and O–H groups in total. The molecular formula is C12H21N3. The molecule has 1 heterocycles. The number of nitrogens with zero attached hydrogens (tertiary/aromatic N) is 2. The van der Waals surface area contributed by atoms with E-state index >= 15 is 0 Å². The van der Waals surface area contributed by atoms with Crippen molar-refractivity contribution in [1.82, 2.24) is 9.55 Å². The van der Waals surface area contributed by atoms with E-state index in [2.05, 4.69) is 23.4 Å². The quantitative estimate of drug-likeness (QED) is 0.806. The summed E-state index contributed by atoms with van der Waals surface area (Å²) in [6.07, 6.45) is 8.82.